The van der Waals surface area contributed by atoms with Gasteiger partial charge in [-0.05, 0) is 29.9 Å². The molecule has 6 nitrogen and oxygen atoms in total. The topological polar surface area (TPSA) is 77.9 Å². The van der Waals surface area contributed by atoms with Gasteiger partial charge in [0.2, 0.25) is 16.4 Å². The second kappa shape index (κ2) is 5.40. The Morgan fingerprint density at radius 1 is 1.29 bits per heavy atom. The van der Waals surface area contributed by atoms with E-state index in [0.717, 1.165) is 24.0 Å². The van der Waals surface area contributed by atoms with E-state index in [1.165, 1.54) is 4.31 Å². The number of carbonyl (C=O) groups excluding carboxylic acids is 1. The summed E-state index contributed by atoms with van der Waals surface area (Å²) in [6, 6.07) is 6.99. The zero-order valence-corrected chi connectivity index (χ0v) is 12.4. The maximum absolute atomic E-state index is 12.5. The number of benzene rings is 1. The maximum atomic E-state index is 12.5. The second-order valence-corrected chi connectivity index (χ2v) is 7.72. The monoisotopic (exact) mass is 310 g/mol. The molecular weight excluding hydrogens is 292 g/mol. The Bertz CT molecular complexity index is 617. The van der Waals surface area contributed by atoms with E-state index in [1.54, 1.807) is 0 Å². The molecule has 2 aliphatic rings. The zero-order chi connectivity index (χ0) is 15.0. The smallest absolute Gasteiger partial charge is 0.233 e. The van der Waals surface area contributed by atoms with Crippen LogP contribution in [0.2, 0.25) is 0 Å². The van der Waals surface area contributed by atoms with Crippen LogP contribution in [0.25, 0.3) is 0 Å². The zero-order valence-electron chi connectivity index (χ0n) is 11.6. The molecule has 1 N–H and O–H groups in total. The molecule has 1 aromatic carbocycles. The number of hydrogen-bond acceptors (Lipinski definition) is 4. The van der Waals surface area contributed by atoms with Crippen molar-refractivity contribution in [2.45, 2.75) is 32.0 Å². The highest BCUT2D eigenvalue weighted by Crippen LogP contribution is 2.36. The van der Waals surface area contributed by atoms with Gasteiger partial charge in [-0.15, -0.1) is 0 Å². The molecule has 1 aromatic rings. The molecule has 1 amide bonds. The Balaban J connectivity index is 1.74. The first-order valence-electron chi connectivity index (χ1n) is 6.98. The number of amides is 1. The third-order valence-corrected chi connectivity index (χ3v) is 6.01. The highest BCUT2D eigenvalue weighted by molar-refractivity contribution is 7.89. The van der Waals surface area contributed by atoms with Crippen LogP contribution < -0.4 is 0 Å². The van der Waals surface area contributed by atoms with Crippen molar-refractivity contribution in [3.8, 4) is 0 Å². The number of sulfonamides is 1. The van der Waals surface area contributed by atoms with Gasteiger partial charge < -0.3 is 0 Å². The molecule has 0 saturated heterocycles. The molecule has 0 spiro atoms. The van der Waals surface area contributed by atoms with E-state index in [0.29, 0.717) is 18.2 Å². The summed E-state index contributed by atoms with van der Waals surface area (Å²) in [5.74, 6) is -0.138. The van der Waals surface area contributed by atoms with E-state index in [2.05, 4.69) is 0 Å². The lowest BCUT2D eigenvalue weighted by Crippen LogP contribution is -2.42. The molecule has 0 bridgehead atoms. The van der Waals surface area contributed by atoms with Crippen LogP contribution in [-0.2, 0) is 27.9 Å². The minimum Gasteiger partial charge on any atom is -0.286 e. The van der Waals surface area contributed by atoms with Gasteiger partial charge in [-0.1, -0.05) is 24.3 Å². The average molecular weight is 310 g/mol. The summed E-state index contributed by atoms with van der Waals surface area (Å²) >= 11 is 0. The van der Waals surface area contributed by atoms with Crippen LogP contribution in [0, 0.1) is 5.92 Å². The molecule has 1 atom stereocenters. The Hall–Kier alpha value is -1.44. The van der Waals surface area contributed by atoms with Crippen LogP contribution in [0.1, 0.15) is 24.0 Å². The molecule has 0 radical (unpaired) electrons. The third kappa shape index (κ3) is 2.95. The summed E-state index contributed by atoms with van der Waals surface area (Å²) < 4.78 is 26.5. The van der Waals surface area contributed by atoms with Crippen molar-refractivity contribution in [1.82, 2.24) is 9.37 Å². The lowest BCUT2D eigenvalue weighted by molar-refractivity contribution is -0.160. The summed E-state index contributed by atoms with van der Waals surface area (Å²) in [4.78, 5) is 10.7. The van der Waals surface area contributed by atoms with Gasteiger partial charge in [-0.3, -0.25) is 10.0 Å². The molecule has 1 saturated carbocycles. The van der Waals surface area contributed by atoms with Crippen LogP contribution in [0.4, 0.5) is 0 Å². The highest BCUT2D eigenvalue weighted by atomic mass is 32.2. The lowest BCUT2D eigenvalue weighted by atomic mass is 10.1. The number of hydrogen-bond donors (Lipinski definition) is 1. The Labute approximate surface area is 124 Å². The summed E-state index contributed by atoms with van der Waals surface area (Å²) in [5.41, 5.74) is 2.03. The fraction of sp³-hybridized carbons (Fsp3) is 0.500. The summed E-state index contributed by atoms with van der Waals surface area (Å²) in [7, 11) is -3.51. The molecule has 1 aliphatic carbocycles. The van der Waals surface area contributed by atoms with E-state index >= 15 is 0 Å². The fourth-order valence-electron chi connectivity index (χ4n) is 2.81. The average Bonchev–Trinajstić information content (AvgIpc) is 3.21. The molecule has 21 heavy (non-hydrogen) atoms. The SMILES string of the molecule is O=CN(O)C(CS(=O)(=O)N1Cc2ccccc2C1)C1CC1. The number of hydroxylamine groups is 2. The van der Waals surface area contributed by atoms with Gasteiger partial charge in [0.1, 0.15) is 0 Å². The summed E-state index contributed by atoms with van der Waals surface area (Å²) in [5, 5.41) is 10.1. The Kier molecular flexibility index (Phi) is 3.73. The van der Waals surface area contributed by atoms with Gasteiger partial charge >= 0.3 is 0 Å². The standard InChI is InChI=1S/C14H18N2O4S/c17-10-16(18)14(11-5-6-11)9-21(19,20)15-7-12-3-1-2-4-13(12)8-15/h1-4,10-11,14,18H,5-9H2. The van der Waals surface area contributed by atoms with Crippen LogP contribution in [0.5, 0.6) is 0 Å². The van der Waals surface area contributed by atoms with E-state index in [1.807, 2.05) is 24.3 Å². The van der Waals surface area contributed by atoms with Crippen LogP contribution in [0.3, 0.4) is 0 Å². The lowest BCUT2D eigenvalue weighted by Gasteiger charge is -2.25. The molecule has 1 fully saturated rings. The van der Waals surface area contributed by atoms with Crippen molar-refractivity contribution in [3.63, 3.8) is 0 Å². The molecule has 1 aliphatic heterocycles. The minimum atomic E-state index is -3.51. The Morgan fingerprint density at radius 3 is 2.33 bits per heavy atom. The summed E-state index contributed by atoms with van der Waals surface area (Å²) in [6.07, 6.45) is 1.99. The van der Waals surface area contributed by atoms with Crippen molar-refractivity contribution < 1.29 is 18.4 Å². The summed E-state index contributed by atoms with van der Waals surface area (Å²) in [6.45, 7) is 0.727. The molecular formula is C14H18N2O4S. The largest absolute Gasteiger partial charge is 0.286 e. The van der Waals surface area contributed by atoms with Crippen LogP contribution >= 0.6 is 0 Å². The molecule has 1 heterocycles. The third-order valence-electron chi connectivity index (χ3n) is 4.20. The predicted octanol–water partition coefficient (Wildman–Crippen LogP) is 0.958. The first-order valence-corrected chi connectivity index (χ1v) is 8.59. The van der Waals surface area contributed by atoms with E-state index in [9.17, 15) is 18.4 Å². The number of carbonyl (C=O) groups is 1. The van der Waals surface area contributed by atoms with Crippen molar-refractivity contribution in [2.24, 2.45) is 5.92 Å². The predicted molar refractivity (Wildman–Crippen MR) is 75.7 cm³/mol. The van der Waals surface area contributed by atoms with E-state index in [4.69, 9.17) is 0 Å². The molecule has 7 heteroatoms. The maximum Gasteiger partial charge on any atom is 0.233 e. The van der Waals surface area contributed by atoms with Gasteiger partial charge in [-0.25, -0.2) is 13.5 Å². The molecule has 0 aromatic heterocycles. The van der Waals surface area contributed by atoms with Crippen molar-refractivity contribution in [2.75, 3.05) is 5.75 Å². The quantitative estimate of drug-likeness (QED) is 0.482. The van der Waals surface area contributed by atoms with Crippen LogP contribution in [0.15, 0.2) is 24.3 Å². The van der Waals surface area contributed by atoms with Crippen molar-refractivity contribution in [1.29, 1.82) is 0 Å². The fourth-order valence-corrected chi connectivity index (χ4v) is 4.55. The second-order valence-electron chi connectivity index (χ2n) is 5.71. The first-order chi connectivity index (χ1) is 10.0. The van der Waals surface area contributed by atoms with Gasteiger partial charge in [0.15, 0.2) is 0 Å². The Morgan fingerprint density at radius 2 is 1.86 bits per heavy atom. The highest BCUT2D eigenvalue weighted by Gasteiger charge is 2.40. The van der Waals surface area contributed by atoms with Gasteiger partial charge in [0, 0.05) is 13.1 Å². The minimum absolute atomic E-state index is 0.0833. The van der Waals surface area contributed by atoms with Crippen molar-refractivity contribution >= 4 is 16.4 Å². The van der Waals surface area contributed by atoms with E-state index < -0.39 is 16.1 Å². The van der Waals surface area contributed by atoms with E-state index in [-0.39, 0.29) is 18.1 Å². The van der Waals surface area contributed by atoms with Gasteiger partial charge in [-0.2, -0.15) is 4.31 Å². The number of nitrogens with zero attached hydrogens (tertiary/aromatic N) is 2. The first kappa shape index (κ1) is 14.5. The normalized spacial score (nSPS) is 20.0. The van der Waals surface area contributed by atoms with Gasteiger partial charge in [0.25, 0.3) is 0 Å². The van der Waals surface area contributed by atoms with Gasteiger partial charge in [0.05, 0.1) is 11.8 Å². The number of rotatable bonds is 6. The number of fused-ring (bicyclic) bond motifs is 1. The molecule has 114 valence electrons. The molecule has 1 unspecified atom stereocenters. The molecule has 3 rings (SSSR count). The van der Waals surface area contributed by atoms with Crippen LogP contribution in [-0.4, -0.2) is 41.2 Å². The van der Waals surface area contributed by atoms with Crippen molar-refractivity contribution in [3.05, 3.63) is 35.4 Å².